The molecule has 3 heterocycles. The maximum absolute atomic E-state index is 10.6. The van der Waals surface area contributed by atoms with Crippen LogP contribution in [0.2, 0.25) is 0 Å². The van der Waals surface area contributed by atoms with Crippen LogP contribution >= 0.6 is 0 Å². The second-order valence-electron chi connectivity index (χ2n) is 7.94. The molecule has 2 aromatic carbocycles. The molecule has 2 N–H and O–H groups in total. The standard InChI is InChI=1S/C22H16N4O.2C2HF3O2/c1-27-20-6-4-15(5-7-20)19-12-24-22-21(13-25-26(22)14-19)17-3-2-16-8-9-23-11-18(16)10-17;2*3-2(4,5)1(6)7/h2-14H,1H3;2*(H,6,7). The number of aromatic nitrogens is 4. The Morgan fingerprint density at radius 2 is 1.37 bits per heavy atom. The van der Waals surface area contributed by atoms with Gasteiger partial charge in [0.05, 0.1) is 13.3 Å². The fraction of sp³-hybridized carbons (Fsp3) is 0.115. The van der Waals surface area contributed by atoms with Gasteiger partial charge in [0.25, 0.3) is 0 Å². The number of carboxylic acids is 2. The molecule has 3 aromatic heterocycles. The topological polar surface area (TPSA) is 127 Å². The zero-order valence-corrected chi connectivity index (χ0v) is 20.7. The van der Waals surface area contributed by atoms with E-state index in [1.807, 2.05) is 59.6 Å². The predicted octanol–water partition coefficient (Wildman–Crippen LogP) is 5.89. The maximum Gasteiger partial charge on any atom is 0.490 e. The van der Waals surface area contributed by atoms with Crippen LogP contribution in [0.3, 0.4) is 0 Å². The van der Waals surface area contributed by atoms with Crippen LogP contribution in [0, 0.1) is 0 Å². The van der Waals surface area contributed by atoms with E-state index < -0.39 is 24.3 Å². The van der Waals surface area contributed by atoms with E-state index in [0.717, 1.165) is 39.0 Å². The quantitative estimate of drug-likeness (QED) is 0.253. The van der Waals surface area contributed by atoms with Gasteiger partial charge in [0, 0.05) is 41.3 Å². The van der Waals surface area contributed by atoms with Crippen molar-refractivity contribution in [3.05, 3.63) is 79.5 Å². The van der Waals surface area contributed by atoms with Gasteiger partial charge in [-0.1, -0.05) is 24.3 Å². The van der Waals surface area contributed by atoms with Gasteiger partial charge in [-0.05, 0) is 40.8 Å². The van der Waals surface area contributed by atoms with Crippen molar-refractivity contribution in [1.82, 2.24) is 19.6 Å². The summed E-state index contributed by atoms with van der Waals surface area (Å²) in [4.78, 5) is 26.7. The van der Waals surface area contributed by atoms with Crippen LogP contribution in [0.25, 0.3) is 38.7 Å². The van der Waals surface area contributed by atoms with Crippen molar-refractivity contribution in [2.45, 2.75) is 12.4 Å². The largest absolute Gasteiger partial charge is 0.497 e. The number of fused-ring (bicyclic) bond motifs is 2. The molecule has 0 aliphatic heterocycles. The van der Waals surface area contributed by atoms with Crippen LogP contribution < -0.4 is 4.74 Å². The van der Waals surface area contributed by atoms with Crippen LogP contribution in [-0.4, -0.2) is 61.2 Å². The zero-order chi connectivity index (χ0) is 30.4. The van der Waals surface area contributed by atoms with Crippen molar-refractivity contribution in [2.24, 2.45) is 0 Å². The number of carbonyl (C=O) groups is 2. The lowest BCUT2D eigenvalue weighted by Gasteiger charge is -2.05. The molecule has 0 bridgehead atoms. The summed E-state index contributed by atoms with van der Waals surface area (Å²) in [5, 5.41) is 21.0. The first-order valence-electron chi connectivity index (χ1n) is 11.1. The van der Waals surface area contributed by atoms with Gasteiger partial charge in [0.2, 0.25) is 0 Å². The number of hydrogen-bond donors (Lipinski definition) is 2. The highest BCUT2D eigenvalue weighted by Crippen LogP contribution is 2.28. The lowest BCUT2D eigenvalue weighted by molar-refractivity contribution is -0.193. The summed E-state index contributed by atoms with van der Waals surface area (Å²) in [5.41, 5.74) is 4.98. The first kappa shape index (κ1) is 30.3. The van der Waals surface area contributed by atoms with Crippen LogP contribution in [0.15, 0.2) is 79.5 Å². The number of nitrogens with zero attached hydrogens (tertiary/aromatic N) is 4. The van der Waals surface area contributed by atoms with Crippen LogP contribution in [0.5, 0.6) is 5.75 Å². The molecule has 0 fully saturated rings. The molecule has 0 aliphatic rings. The number of rotatable bonds is 3. The first-order chi connectivity index (χ1) is 19.2. The van der Waals surface area contributed by atoms with E-state index in [0.29, 0.717) is 0 Å². The molecule has 9 nitrogen and oxygen atoms in total. The Morgan fingerprint density at radius 3 is 1.93 bits per heavy atom. The summed E-state index contributed by atoms with van der Waals surface area (Å²) >= 11 is 0. The minimum Gasteiger partial charge on any atom is -0.497 e. The number of halogens is 6. The van der Waals surface area contributed by atoms with Crippen molar-refractivity contribution in [2.75, 3.05) is 7.11 Å². The molecule has 0 unspecified atom stereocenters. The lowest BCUT2D eigenvalue weighted by atomic mass is 10.0. The number of ether oxygens (including phenoxy) is 1. The third-order valence-corrected chi connectivity index (χ3v) is 5.22. The summed E-state index contributed by atoms with van der Waals surface area (Å²) in [7, 11) is 1.66. The lowest BCUT2D eigenvalue weighted by Crippen LogP contribution is -2.21. The van der Waals surface area contributed by atoms with E-state index in [1.54, 1.807) is 13.3 Å². The van der Waals surface area contributed by atoms with Crippen molar-refractivity contribution >= 4 is 28.4 Å². The summed E-state index contributed by atoms with van der Waals surface area (Å²) in [6.07, 6.45) is -0.752. The van der Waals surface area contributed by atoms with Gasteiger partial charge in [-0.2, -0.15) is 31.4 Å². The molecule has 0 radical (unpaired) electrons. The van der Waals surface area contributed by atoms with Crippen molar-refractivity contribution in [3.8, 4) is 28.0 Å². The van der Waals surface area contributed by atoms with E-state index in [1.165, 1.54) is 5.39 Å². The average Bonchev–Trinajstić information content (AvgIpc) is 3.36. The van der Waals surface area contributed by atoms with E-state index in [4.69, 9.17) is 24.5 Å². The molecule has 5 aromatic rings. The first-order valence-corrected chi connectivity index (χ1v) is 11.1. The highest BCUT2D eigenvalue weighted by Gasteiger charge is 2.38. The second-order valence-corrected chi connectivity index (χ2v) is 7.94. The maximum atomic E-state index is 10.6. The third-order valence-electron chi connectivity index (χ3n) is 5.22. The summed E-state index contributed by atoms with van der Waals surface area (Å²) in [6, 6.07) is 16.2. The van der Waals surface area contributed by atoms with Gasteiger partial charge in [-0.15, -0.1) is 0 Å². The van der Waals surface area contributed by atoms with Crippen LogP contribution in [-0.2, 0) is 9.59 Å². The number of benzene rings is 2. The number of pyridine rings is 1. The third kappa shape index (κ3) is 7.90. The van der Waals surface area contributed by atoms with Crippen molar-refractivity contribution < 1.29 is 50.9 Å². The Morgan fingerprint density at radius 1 is 0.780 bits per heavy atom. The highest BCUT2D eigenvalue weighted by molar-refractivity contribution is 5.89. The summed E-state index contributed by atoms with van der Waals surface area (Å²) in [5.74, 6) is -4.68. The molecular weight excluding hydrogens is 562 g/mol. The number of alkyl halides is 6. The Bertz CT molecular complexity index is 1640. The molecule has 0 aliphatic carbocycles. The molecule has 0 spiro atoms. The average molecular weight is 580 g/mol. The molecule has 214 valence electrons. The molecule has 0 amide bonds. The Balaban J connectivity index is 0.000000276. The molecule has 41 heavy (non-hydrogen) atoms. The number of aliphatic carboxylic acids is 2. The van der Waals surface area contributed by atoms with Gasteiger partial charge in [-0.25, -0.2) is 19.1 Å². The van der Waals surface area contributed by atoms with Crippen molar-refractivity contribution in [1.29, 1.82) is 0 Å². The van der Waals surface area contributed by atoms with Crippen LogP contribution in [0.1, 0.15) is 0 Å². The number of carboxylic acid groups (broad SMARTS) is 2. The van der Waals surface area contributed by atoms with Gasteiger partial charge in [0.15, 0.2) is 5.65 Å². The Kier molecular flexibility index (Phi) is 9.11. The Labute approximate surface area is 226 Å². The second kappa shape index (κ2) is 12.3. The molecule has 5 rings (SSSR count). The molecule has 0 saturated heterocycles. The van der Waals surface area contributed by atoms with Gasteiger partial charge >= 0.3 is 24.3 Å². The fourth-order valence-corrected chi connectivity index (χ4v) is 3.26. The highest BCUT2D eigenvalue weighted by atomic mass is 19.4. The molecular formula is C26H18F6N4O5. The number of hydrogen-bond acceptors (Lipinski definition) is 6. The van der Waals surface area contributed by atoms with E-state index in [9.17, 15) is 26.3 Å². The van der Waals surface area contributed by atoms with E-state index in [2.05, 4.69) is 33.3 Å². The monoisotopic (exact) mass is 580 g/mol. The summed E-state index contributed by atoms with van der Waals surface area (Å²) < 4.78 is 70.5. The predicted molar refractivity (Wildman–Crippen MR) is 133 cm³/mol. The molecule has 15 heteroatoms. The van der Waals surface area contributed by atoms with E-state index >= 15 is 0 Å². The van der Waals surface area contributed by atoms with E-state index in [-0.39, 0.29) is 0 Å². The minimum absolute atomic E-state index is 0.829. The fourth-order valence-electron chi connectivity index (χ4n) is 3.26. The summed E-state index contributed by atoms with van der Waals surface area (Å²) in [6.45, 7) is 0. The molecule has 0 atom stereocenters. The smallest absolute Gasteiger partial charge is 0.490 e. The minimum atomic E-state index is -5.08. The Hall–Kier alpha value is -5.21. The zero-order valence-electron chi connectivity index (χ0n) is 20.7. The SMILES string of the molecule is COc1ccc(-c2cnc3c(-c4ccc5ccncc5c4)cnn3c2)cc1.O=C(O)C(F)(F)F.O=C(O)C(F)(F)F. The van der Waals surface area contributed by atoms with Gasteiger partial charge in [0.1, 0.15) is 5.75 Å². The van der Waals surface area contributed by atoms with Crippen LogP contribution in [0.4, 0.5) is 26.3 Å². The molecule has 0 saturated carbocycles. The van der Waals surface area contributed by atoms with Gasteiger partial charge in [-0.3, -0.25) is 4.98 Å². The normalized spacial score (nSPS) is 11.2. The number of methoxy groups -OCH3 is 1. The van der Waals surface area contributed by atoms with Crippen molar-refractivity contribution in [3.63, 3.8) is 0 Å². The van der Waals surface area contributed by atoms with Gasteiger partial charge < -0.3 is 14.9 Å².